The molecule has 0 aromatic rings. The van der Waals surface area contributed by atoms with E-state index in [9.17, 15) is 0 Å². The van der Waals surface area contributed by atoms with Crippen molar-refractivity contribution >= 4 is 0 Å². The summed E-state index contributed by atoms with van der Waals surface area (Å²) in [6.07, 6.45) is 0.476. The maximum absolute atomic E-state index is 5.39. The predicted octanol–water partition coefficient (Wildman–Crippen LogP) is -2.03. The zero-order valence-electron chi connectivity index (χ0n) is 11.7. The summed E-state index contributed by atoms with van der Waals surface area (Å²) >= 11 is 0. The molecule has 0 radical (unpaired) electrons. The van der Waals surface area contributed by atoms with Gasteiger partial charge in [0.25, 0.3) is 0 Å². The van der Waals surface area contributed by atoms with E-state index in [1.54, 1.807) is 0 Å². The number of piperazine rings is 1. The van der Waals surface area contributed by atoms with Crippen LogP contribution in [0.25, 0.3) is 0 Å². The zero-order chi connectivity index (χ0) is 13.1. The molecule has 1 aliphatic rings. The Morgan fingerprint density at radius 2 is 1.67 bits per heavy atom. The number of nitrogens with one attached hydrogen (secondary N) is 4. The Balaban J connectivity index is 1.87. The van der Waals surface area contributed by atoms with Crippen molar-refractivity contribution in [1.82, 2.24) is 26.2 Å². The molecule has 0 saturated carbocycles. The van der Waals surface area contributed by atoms with Gasteiger partial charge in [0.05, 0.1) is 6.17 Å². The number of hydrogen-bond donors (Lipinski definition) is 5. The molecule has 1 saturated heterocycles. The second-order valence-electron chi connectivity index (χ2n) is 4.70. The second-order valence-corrected chi connectivity index (χ2v) is 4.70. The van der Waals surface area contributed by atoms with E-state index in [0.717, 1.165) is 58.9 Å². The van der Waals surface area contributed by atoms with Crippen LogP contribution >= 0.6 is 0 Å². The van der Waals surface area contributed by atoms with Crippen LogP contribution in [0, 0.1) is 0 Å². The number of hydrogen-bond acceptors (Lipinski definition) is 6. The molecule has 1 aliphatic heterocycles. The van der Waals surface area contributed by atoms with Gasteiger partial charge in [0.2, 0.25) is 0 Å². The SMILES string of the molecule is CC(NCCNCCNCCN)N1CCNCC1. The van der Waals surface area contributed by atoms with Crippen LogP contribution in [0.15, 0.2) is 0 Å². The first-order valence-corrected chi connectivity index (χ1v) is 7.14. The molecular formula is C12H30N6. The topological polar surface area (TPSA) is 77.4 Å². The molecule has 0 aromatic heterocycles. The van der Waals surface area contributed by atoms with Gasteiger partial charge in [-0.3, -0.25) is 4.90 Å². The average Bonchev–Trinajstić information content (AvgIpc) is 2.42. The van der Waals surface area contributed by atoms with Gasteiger partial charge in [0.15, 0.2) is 0 Å². The largest absolute Gasteiger partial charge is 0.329 e. The highest BCUT2D eigenvalue weighted by molar-refractivity contribution is 4.72. The molecular weight excluding hydrogens is 228 g/mol. The highest BCUT2D eigenvalue weighted by atomic mass is 15.3. The van der Waals surface area contributed by atoms with Gasteiger partial charge in [0, 0.05) is 65.4 Å². The predicted molar refractivity (Wildman–Crippen MR) is 76.7 cm³/mol. The van der Waals surface area contributed by atoms with Gasteiger partial charge in [-0.15, -0.1) is 0 Å². The van der Waals surface area contributed by atoms with Crippen molar-refractivity contribution in [3.8, 4) is 0 Å². The van der Waals surface area contributed by atoms with Gasteiger partial charge in [0.1, 0.15) is 0 Å². The van der Waals surface area contributed by atoms with E-state index in [-0.39, 0.29) is 0 Å². The average molecular weight is 258 g/mol. The van der Waals surface area contributed by atoms with Crippen molar-refractivity contribution in [1.29, 1.82) is 0 Å². The maximum atomic E-state index is 5.39. The fourth-order valence-corrected chi connectivity index (χ4v) is 2.10. The molecule has 6 heteroatoms. The van der Waals surface area contributed by atoms with Crippen molar-refractivity contribution < 1.29 is 0 Å². The van der Waals surface area contributed by atoms with Gasteiger partial charge < -0.3 is 27.0 Å². The molecule has 0 aromatic carbocycles. The van der Waals surface area contributed by atoms with Crippen molar-refractivity contribution in [3.05, 3.63) is 0 Å². The Labute approximate surface area is 111 Å². The summed E-state index contributed by atoms with van der Waals surface area (Å²) < 4.78 is 0. The van der Waals surface area contributed by atoms with Crippen molar-refractivity contribution in [2.24, 2.45) is 5.73 Å². The molecule has 1 fully saturated rings. The first-order chi connectivity index (χ1) is 8.84. The number of rotatable bonds is 10. The molecule has 18 heavy (non-hydrogen) atoms. The van der Waals surface area contributed by atoms with Crippen LogP contribution in [-0.4, -0.2) is 76.5 Å². The molecule has 0 spiro atoms. The van der Waals surface area contributed by atoms with E-state index < -0.39 is 0 Å². The third kappa shape index (κ3) is 7.25. The monoisotopic (exact) mass is 258 g/mol. The standard InChI is InChI=1S/C12H30N6/c1-12(18-10-8-16-9-11-18)17-7-6-15-5-4-14-3-2-13/h12,14-17H,2-11,13H2,1H3. The Hall–Kier alpha value is -0.240. The third-order valence-electron chi connectivity index (χ3n) is 3.24. The summed E-state index contributed by atoms with van der Waals surface area (Å²) in [4.78, 5) is 2.49. The Bertz CT molecular complexity index is 183. The second kappa shape index (κ2) is 10.7. The Kier molecular flexibility index (Phi) is 9.37. The number of nitrogens with two attached hydrogens (primary N) is 1. The van der Waals surface area contributed by atoms with Crippen LogP contribution in [-0.2, 0) is 0 Å². The van der Waals surface area contributed by atoms with Crippen molar-refractivity contribution in [2.45, 2.75) is 13.1 Å². The quantitative estimate of drug-likeness (QED) is 0.291. The van der Waals surface area contributed by atoms with Crippen molar-refractivity contribution in [2.75, 3.05) is 65.4 Å². The summed E-state index contributed by atoms with van der Waals surface area (Å²) in [5, 5.41) is 13.6. The molecule has 6 N–H and O–H groups in total. The summed E-state index contributed by atoms with van der Waals surface area (Å²) in [7, 11) is 0. The first kappa shape index (κ1) is 15.8. The van der Waals surface area contributed by atoms with Gasteiger partial charge in [-0.2, -0.15) is 0 Å². The summed E-state index contributed by atoms with van der Waals surface area (Å²) in [5.41, 5.74) is 5.39. The fourth-order valence-electron chi connectivity index (χ4n) is 2.10. The van der Waals surface area contributed by atoms with E-state index >= 15 is 0 Å². The van der Waals surface area contributed by atoms with Crippen LogP contribution in [0.1, 0.15) is 6.92 Å². The molecule has 0 bridgehead atoms. The summed E-state index contributed by atoms with van der Waals surface area (Å²) in [6, 6.07) is 0. The normalized spacial score (nSPS) is 19.0. The van der Waals surface area contributed by atoms with Crippen LogP contribution < -0.4 is 27.0 Å². The van der Waals surface area contributed by atoms with E-state index in [1.165, 1.54) is 0 Å². The highest BCUT2D eigenvalue weighted by Crippen LogP contribution is 1.96. The molecule has 6 nitrogen and oxygen atoms in total. The molecule has 1 atom stereocenters. The number of nitrogens with zero attached hydrogens (tertiary/aromatic N) is 1. The van der Waals surface area contributed by atoms with E-state index in [1.807, 2.05) is 0 Å². The molecule has 0 amide bonds. The van der Waals surface area contributed by atoms with Crippen LogP contribution in [0.5, 0.6) is 0 Å². The molecule has 1 heterocycles. The molecule has 1 unspecified atom stereocenters. The van der Waals surface area contributed by atoms with E-state index in [4.69, 9.17) is 5.73 Å². The van der Waals surface area contributed by atoms with Crippen LogP contribution in [0.4, 0.5) is 0 Å². The Morgan fingerprint density at radius 1 is 1.06 bits per heavy atom. The lowest BCUT2D eigenvalue weighted by molar-refractivity contribution is 0.158. The minimum absolute atomic E-state index is 0.476. The highest BCUT2D eigenvalue weighted by Gasteiger charge is 2.14. The van der Waals surface area contributed by atoms with Gasteiger partial charge in [-0.05, 0) is 6.92 Å². The molecule has 108 valence electrons. The first-order valence-electron chi connectivity index (χ1n) is 7.14. The smallest absolute Gasteiger partial charge is 0.0569 e. The molecule has 1 rings (SSSR count). The van der Waals surface area contributed by atoms with Gasteiger partial charge >= 0.3 is 0 Å². The van der Waals surface area contributed by atoms with Crippen LogP contribution in [0.3, 0.4) is 0 Å². The van der Waals surface area contributed by atoms with Crippen LogP contribution in [0.2, 0.25) is 0 Å². The summed E-state index contributed by atoms with van der Waals surface area (Å²) in [5.74, 6) is 0. The molecule has 0 aliphatic carbocycles. The van der Waals surface area contributed by atoms with Gasteiger partial charge in [-0.1, -0.05) is 0 Å². The minimum Gasteiger partial charge on any atom is -0.329 e. The Morgan fingerprint density at radius 3 is 2.33 bits per heavy atom. The lowest BCUT2D eigenvalue weighted by Crippen LogP contribution is -2.53. The van der Waals surface area contributed by atoms with E-state index in [2.05, 4.69) is 33.1 Å². The lowest BCUT2D eigenvalue weighted by Gasteiger charge is -2.33. The fraction of sp³-hybridized carbons (Fsp3) is 1.00. The lowest BCUT2D eigenvalue weighted by atomic mass is 10.3. The zero-order valence-corrected chi connectivity index (χ0v) is 11.7. The maximum Gasteiger partial charge on any atom is 0.0569 e. The summed E-state index contributed by atoms with van der Waals surface area (Å²) in [6.45, 7) is 12.4. The third-order valence-corrected chi connectivity index (χ3v) is 3.24. The van der Waals surface area contributed by atoms with Gasteiger partial charge in [-0.25, -0.2) is 0 Å². The van der Waals surface area contributed by atoms with Crippen molar-refractivity contribution in [3.63, 3.8) is 0 Å². The minimum atomic E-state index is 0.476. The van der Waals surface area contributed by atoms with E-state index in [0.29, 0.717) is 12.7 Å².